The second-order valence-electron chi connectivity index (χ2n) is 1.25. The summed E-state index contributed by atoms with van der Waals surface area (Å²) in [5, 5.41) is 0. The zero-order valence-electron chi connectivity index (χ0n) is 14.0. The maximum atomic E-state index is 7.51. The maximum absolute atomic E-state index is 7.51. The molecule has 1 aromatic carbocycles. The highest BCUT2D eigenvalue weighted by atomic mass is 13.9. The van der Waals surface area contributed by atoms with E-state index in [4.69, 9.17) is 13.7 Å². The molecule has 0 fully saturated rings. The fraction of sp³-hybridized carbons (Fsp3) is 0.250. The van der Waals surface area contributed by atoms with Gasteiger partial charge in [-0.05, 0) is 13.7 Å². The van der Waals surface area contributed by atoms with E-state index in [2.05, 4.69) is 0 Å². The van der Waals surface area contributed by atoms with Crippen LogP contribution < -0.4 is 0 Å². The Morgan fingerprint density at radius 1 is 1.12 bits per heavy atom. The van der Waals surface area contributed by atoms with E-state index in [-0.39, 0.29) is 0 Å². The molecule has 1 rings (SSSR count). The average molecular weight is 116 g/mol. The highest BCUT2D eigenvalue weighted by molar-refractivity contribution is 5.19. The summed E-state index contributed by atoms with van der Waals surface area (Å²) in [4.78, 5) is 0. The topological polar surface area (TPSA) is 0 Å². The lowest BCUT2D eigenvalue weighted by Gasteiger charge is -1.90. The lowest BCUT2D eigenvalue weighted by molar-refractivity contribution is 1.40. The van der Waals surface area contributed by atoms with E-state index in [9.17, 15) is 0 Å². The van der Waals surface area contributed by atoms with Crippen molar-refractivity contribution < 1.29 is 13.7 Å². The molecule has 0 nitrogen and oxygen atoms in total. The van der Waals surface area contributed by atoms with Gasteiger partial charge in [0, 0.05) is 8.22 Å². The van der Waals surface area contributed by atoms with Gasteiger partial charge in [0.25, 0.3) is 0 Å². The Kier molecular flexibility index (Phi) is 0.235. The first-order valence-corrected chi connectivity index (χ1v) is 2.00. The van der Waals surface area contributed by atoms with Crippen molar-refractivity contribution in [3.8, 4) is 0 Å². The molecule has 0 aromatic heterocycles. The second-order valence-corrected chi connectivity index (χ2v) is 1.25. The largest absolute Gasteiger partial charge is 0.0626 e. The molecule has 0 N–H and O–H groups in total. The SMILES string of the molecule is [2H]c1c([2H])c(C([2H])([2H])[2H])c([2H])c([2H])c1C([2H])([2H])[2H]. The standard InChI is InChI=1S/C8H10/c1-7-3-5-8(2)6-4-7/h3-6H,1-2H3/i1D3,2D3,3D,4D,5D,6D. The fourth-order valence-corrected chi connectivity index (χ4v) is 0.312. The van der Waals surface area contributed by atoms with Crippen LogP contribution in [0.25, 0.3) is 0 Å². The molecule has 0 saturated heterocycles. The molecule has 0 aliphatic rings. The molecule has 0 spiro atoms. The Morgan fingerprint density at radius 2 is 1.50 bits per heavy atom. The third-order valence-corrected chi connectivity index (χ3v) is 0.625. The van der Waals surface area contributed by atoms with Gasteiger partial charge in [0.1, 0.15) is 0 Å². The smallest absolute Gasteiger partial charge is 0.0591 e. The fourth-order valence-electron chi connectivity index (χ4n) is 0.312. The molecule has 1 aromatic rings. The van der Waals surface area contributed by atoms with E-state index in [1.54, 1.807) is 0 Å². The van der Waals surface area contributed by atoms with Crippen LogP contribution in [0.1, 0.15) is 24.8 Å². The molecule has 42 valence electrons. The highest BCUT2D eigenvalue weighted by Crippen LogP contribution is 1.99. The summed E-state index contributed by atoms with van der Waals surface area (Å²) >= 11 is 0. The van der Waals surface area contributed by atoms with Crippen molar-refractivity contribution in [3.05, 3.63) is 35.3 Å². The van der Waals surface area contributed by atoms with Crippen molar-refractivity contribution in [1.82, 2.24) is 0 Å². The molecule has 0 radical (unpaired) electrons. The number of hydrogen-bond acceptors (Lipinski definition) is 0. The van der Waals surface area contributed by atoms with Gasteiger partial charge in [-0.2, -0.15) is 0 Å². The van der Waals surface area contributed by atoms with Gasteiger partial charge in [0.15, 0.2) is 0 Å². The van der Waals surface area contributed by atoms with Gasteiger partial charge in [0.2, 0.25) is 0 Å². The summed E-state index contributed by atoms with van der Waals surface area (Å²) in [5.74, 6) is 0. The van der Waals surface area contributed by atoms with Crippen LogP contribution in [0.4, 0.5) is 0 Å². The maximum Gasteiger partial charge on any atom is 0.0626 e. The van der Waals surface area contributed by atoms with E-state index >= 15 is 0 Å². The summed E-state index contributed by atoms with van der Waals surface area (Å²) < 4.78 is 73.0. The summed E-state index contributed by atoms with van der Waals surface area (Å²) in [5.41, 5.74) is -1.52. The molecule has 0 amide bonds. The number of rotatable bonds is 0. The lowest BCUT2D eigenvalue weighted by Crippen LogP contribution is -1.70. The van der Waals surface area contributed by atoms with Crippen LogP contribution in [0.3, 0.4) is 0 Å². The van der Waals surface area contributed by atoms with Crippen molar-refractivity contribution >= 4 is 0 Å². The van der Waals surface area contributed by atoms with E-state index in [0.29, 0.717) is 0 Å². The quantitative estimate of drug-likeness (QED) is 0.488. The van der Waals surface area contributed by atoms with E-state index in [0.717, 1.165) is 0 Å². The molecule has 0 aliphatic carbocycles. The minimum atomic E-state index is -2.83. The van der Waals surface area contributed by atoms with Gasteiger partial charge in [-0.1, -0.05) is 35.3 Å². The second kappa shape index (κ2) is 1.99. The van der Waals surface area contributed by atoms with Crippen molar-refractivity contribution in [2.24, 2.45) is 0 Å². The van der Waals surface area contributed by atoms with Crippen LogP contribution in [-0.4, -0.2) is 0 Å². The summed E-state index contributed by atoms with van der Waals surface area (Å²) in [7, 11) is 0. The minimum Gasteiger partial charge on any atom is -0.0591 e. The summed E-state index contributed by atoms with van der Waals surface area (Å²) in [6.45, 7) is -5.65. The first-order chi connectivity index (χ1) is 7.89. The van der Waals surface area contributed by atoms with Crippen molar-refractivity contribution in [1.29, 1.82) is 0 Å². The average Bonchev–Trinajstić information content (AvgIpc) is 2.10. The Bertz CT molecular complexity index is 406. The Labute approximate surface area is 64.2 Å². The van der Waals surface area contributed by atoms with Crippen molar-refractivity contribution in [2.45, 2.75) is 13.7 Å². The molecule has 0 saturated carbocycles. The third kappa shape index (κ3) is 1.09. The molecule has 8 heavy (non-hydrogen) atoms. The number of benzene rings is 1. The first-order valence-electron chi connectivity index (χ1n) is 7.00. The summed E-state index contributed by atoms with van der Waals surface area (Å²) in [6, 6.07) is -3.33. The normalized spacial score (nSPS) is 30.5. The Balaban J connectivity index is 3.79. The Hall–Kier alpha value is -0.780. The molecule has 0 unspecified atom stereocenters. The van der Waals surface area contributed by atoms with Crippen LogP contribution in [-0.2, 0) is 0 Å². The monoisotopic (exact) mass is 116 g/mol. The van der Waals surface area contributed by atoms with Crippen molar-refractivity contribution in [2.75, 3.05) is 0 Å². The molecular weight excluding hydrogens is 96.1 g/mol. The minimum absolute atomic E-state index is 0.759. The van der Waals surface area contributed by atoms with Crippen molar-refractivity contribution in [3.63, 3.8) is 0 Å². The van der Waals surface area contributed by atoms with Crippen LogP contribution in [0.2, 0.25) is 0 Å². The summed E-state index contributed by atoms with van der Waals surface area (Å²) in [6.07, 6.45) is 0. The Morgan fingerprint density at radius 3 is 1.75 bits per heavy atom. The molecular formula is C8H10. The zero-order chi connectivity index (χ0) is 14.5. The van der Waals surface area contributed by atoms with Gasteiger partial charge < -0.3 is 0 Å². The molecule has 0 atom stereocenters. The van der Waals surface area contributed by atoms with Gasteiger partial charge >= 0.3 is 0 Å². The molecule has 0 bridgehead atoms. The highest BCUT2D eigenvalue weighted by Gasteiger charge is 1.79. The van der Waals surface area contributed by atoms with Gasteiger partial charge in [-0.15, -0.1) is 0 Å². The van der Waals surface area contributed by atoms with Crippen LogP contribution in [0, 0.1) is 13.7 Å². The predicted octanol–water partition coefficient (Wildman–Crippen LogP) is 2.30. The molecule has 0 aliphatic heterocycles. The van der Waals surface area contributed by atoms with Crippen LogP contribution in [0.15, 0.2) is 24.2 Å². The van der Waals surface area contributed by atoms with Crippen LogP contribution in [0.5, 0.6) is 0 Å². The van der Waals surface area contributed by atoms with E-state index in [1.807, 2.05) is 0 Å². The first kappa shape index (κ1) is 0.942. The third-order valence-electron chi connectivity index (χ3n) is 0.625. The van der Waals surface area contributed by atoms with Gasteiger partial charge in [-0.25, -0.2) is 0 Å². The number of hydrogen-bond donors (Lipinski definition) is 0. The van der Waals surface area contributed by atoms with Crippen LogP contribution >= 0.6 is 0 Å². The van der Waals surface area contributed by atoms with Gasteiger partial charge in [0.05, 0.1) is 5.48 Å². The predicted molar refractivity (Wildman–Crippen MR) is 35.9 cm³/mol. The van der Waals surface area contributed by atoms with Gasteiger partial charge in [-0.3, -0.25) is 0 Å². The molecule has 0 heterocycles. The zero-order valence-corrected chi connectivity index (χ0v) is 4.00. The lowest BCUT2D eigenvalue weighted by atomic mass is 10.2. The van der Waals surface area contributed by atoms with E-state index in [1.165, 1.54) is 0 Å². The molecule has 0 heteroatoms. The van der Waals surface area contributed by atoms with E-state index < -0.39 is 49.0 Å².